The molecule has 0 atom stereocenters. The molecule has 0 N–H and O–H groups in total. The van der Waals surface area contributed by atoms with Gasteiger partial charge in [-0.3, -0.25) is 4.79 Å². The van der Waals surface area contributed by atoms with Crippen LogP contribution in [0.4, 0.5) is 11.4 Å². The number of hydrogen-bond donors (Lipinski definition) is 0. The highest BCUT2D eigenvalue weighted by Gasteiger charge is 2.29. The van der Waals surface area contributed by atoms with Crippen LogP contribution in [-0.4, -0.2) is 32.7 Å². The Labute approximate surface area is 175 Å². The number of rotatable bonds is 6. The molecule has 1 amide bonds. The zero-order chi connectivity index (χ0) is 21.1. The second-order valence-corrected chi connectivity index (χ2v) is 7.56. The van der Waals surface area contributed by atoms with Crippen LogP contribution in [0, 0.1) is 0 Å². The minimum Gasteiger partial charge on any atom is -0.494 e. The third-order valence-electron chi connectivity index (χ3n) is 5.38. The van der Waals surface area contributed by atoms with Gasteiger partial charge in [-0.05, 0) is 55.2 Å². The minimum atomic E-state index is -0.463. The lowest BCUT2D eigenvalue weighted by atomic mass is 9.98. The van der Waals surface area contributed by atoms with E-state index in [0.717, 1.165) is 41.6 Å². The molecule has 30 heavy (non-hydrogen) atoms. The second kappa shape index (κ2) is 8.61. The average molecular weight is 406 g/mol. The first-order valence-corrected chi connectivity index (χ1v) is 10.4. The quantitative estimate of drug-likeness (QED) is 0.579. The maximum Gasteiger partial charge on any atom is 0.360 e. The third kappa shape index (κ3) is 3.90. The van der Waals surface area contributed by atoms with E-state index in [1.165, 1.54) is 0 Å². The predicted molar refractivity (Wildman–Crippen MR) is 119 cm³/mol. The number of hydrogen-bond acceptors (Lipinski definition) is 5. The number of ether oxygens (including phenoxy) is 1. The van der Waals surface area contributed by atoms with E-state index in [0.29, 0.717) is 24.4 Å². The molecule has 0 saturated heterocycles. The highest BCUT2D eigenvalue weighted by Crippen LogP contribution is 2.33. The fraction of sp³-hybridized carbons (Fsp3) is 0.333. The molecule has 1 aliphatic heterocycles. The number of likely N-dealkylation sites (N-methyl/N-ethyl adjacent to an activating group) is 1. The fourth-order valence-electron chi connectivity index (χ4n) is 3.91. The lowest BCUT2D eigenvalue weighted by Gasteiger charge is -2.30. The molecule has 0 spiro atoms. The summed E-state index contributed by atoms with van der Waals surface area (Å²) < 4.78 is 11.3. The van der Waals surface area contributed by atoms with E-state index < -0.39 is 5.63 Å². The van der Waals surface area contributed by atoms with Crippen molar-refractivity contribution in [3.63, 3.8) is 0 Å². The monoisotopic (exact) mass is 406 g/mol. The molecule has 2 aromatic carbocycles. The van der Waals surface area contributed by atoms with Crippen LogP contribution < -0.4 is 20.2 Å². The molecule has 6 heteroatoms. The van der Waals surface area contributed by atoms with Gasteiger partial charge in [-0.15, -0.1) is 0 Å². The Bertz CT molecular complexity index is 1110. The van der Waals surface area contributed by atoms with Crippen molar-refractivity contribution in [3.8, 4) is 5.75 Å². The summed E-state index contributed by atoms with van der Waals surface area (Å²) >= 11 is 0. The van der Waals surface area contributed by atoms with E-state index >= 15 is 0 Å². The van der Waals surface area contributed by atoms with Gasteiger partial charge < -0.3 is 19.0 Å². The molecule has 1 aliphatic rings. The molecule has 0 fully saturated rings. The van der Waals surface area contributed by atoms with Crippen LogP contribution in [-0.2, 0) is 11.2 Å². The lowest BCUT2D eigenvalue weighted by Crippen LogP contribution is -2.44. The van der Waals surface area contributed by atoms with Crippen molar-refractivity contribution < 1.29 is 13.9 Å². The number of carbonyl (C=O) groups excluding carboxylic acids is 1. The Morgan fingerprint density at radius 1 is 1.20 bits per heavy atom. The van der Waals surface area contributed by atoms with Crippen LogP contribution in [0.5, 0.6) is 5.75 Å². The molecule has 0 bridgehead atoms. The van der Waals surface area contributed by atoms with Crippen molar-refractivity contribution in [2.75, 3.05) is 36.5 Å². The number of anilines is 2. The van der Waals surface area contributed by atoms with E-state index in [9.17, 15) is 9.59 Å². The van der Waals surface area contributed by atoms with Crippen molar-refractivity contribution in [2.45, 2.75) is 26.2 Å². The van der Waals surface area contributed by atoms with Gasteiger partial charge in [0.2, 0.25) is 5.91 Å². The van der Waals surface area contributed by atoms with Gasteiger partial charge >= 0.3 is 5.63 Å². The predicted octanol–water partition coefficient (Wildman–Crippen LogP) is 4.00. The van der Waals surface area contributed by atoms with Crippen LogP contribution in [0.3, 0.4) is 0 Å². The number of benzene rings is 2. The lowest BCUT2D eigenvalue weighted by molar-refractivity contribution is -0.117. The van der Waals surface area contributed by atoms with Crippen molar-refractivity contribution in [1.82, 2.24) is 0 Å². The van der Waals surface area contributed by atoms with Gasteiger partial charge in [0.1, 0.15) is 17.0 Å². The van der Waals surface area contributed by atoms with Crippen LogP contribution in [0.15, 0.2) is 57.7 Å². The first-order valence-electron chi connectivity index (χ1n) is 10.4. The highest BCUT2D eigenvalue weighted by atomic mass is 16.5. The summed E-state index contributed by atoms with van der Waals surface area (Å²) in [6.45, 7) is 3.37. The first kappa shape index (κ1) is 20.0. The van der Waals surface area contributed by atoms with E-state index in [1.54, 1.807) is 11.0 Å². The molecule has 3 aromatic rings. The van der Waals surface area contributed by atoms with Gasteiger partial charge in [-0.2, -0.15) is 0 Å². The number of fused-ring (bicyclic) bond motifs is 3. The molecule has 0 saturated carbocycles. The maximum absolute atomic E-state index is 13.1. The van der Waals surface area contributed by atoms with E-state index in [2.05, 4.69) is 6.92 Å². The SMILES string of the molecule is CCCOc1ccc2oc(=O)c3c(c2c1)CCCN3C(=O)CN(C)c1ccccc1. The third-order valence-corrected chi connectivity index (χ3v) is 5.38. The largest absolute Gasteiger partial charge is 0.494 e. The van der Waals surface area contributed by atoms with Gasteiger partial charge in [0.15, 0.2) is 0 Å². The maximum atomic E-state index is 13.1. The topological polar surface area (TPSA) is 63.0 Å². The molecule has 156 valence electrons. The van der Waals surface area contributed by atoms with Gasteiger partial charge in [-0.25, -0.2) is 4.79 Å². The Balaban J connectivity index is 1.68. The summed E-state index contributed by atoms with van der Waals surface area (Å²) in [5.74, 6) is 0.625. The second-order valence-electron chi connectivity index (χ2n) is 7.56. The Hall–Kier alpha value is -3.28. The Kier molecular flexibility index (Phi) is 5.74. The van der Waals surface area contributed by atoms with Crippen LogP contribution >= 0.6 is 0 Å². The highest BCUT2D eigenvalue weighted by molar-refractivity contribution is 6.00. The number of nitrogens with zero attached hydrogens (tertiary/aromatic N) is 2. The van der Waals surface area contributed by atoms with Crippen molar-refractivity contribution >= 4 is 28.3 Å². The molecule has 0 unspecified atom stereocenters. The average Bonchev–Trinajstić information content (AvgIpc) is 2.78. The Morgan fingerprint density at radius 3 is 2.77 bits per heavy atom. The van der Waals surface area contributed by atoms with Gasteiger partial charge in [-0.1, -0.05) is 25.1 Å². The first-order chi connectivity index (χ1) is 14.6. The number of para-hydroxylation sites is 1. The summed E-state index contributed by atoms with van der Waals surface area (Å²) in [6, 6.07) is 15.2. The molecule has 4 rings (SSSR count). The summed E-state index contributed by atoms with van der Waals surface area (Å²) in [6.07, 6.45) is 2.44. The van der Waals surface area contributed by atoms with Crippen LogP contribution in [0.2, 0.25) is 0 Å². The van der Waals surface area contributed by atoms with E-state index in [1.807, 2.05) is 54.4 Å². The zero-order valence-corrected chi connectivity index (χ0v) is 17.4. The zero-order valence-electron chi connectivity index (χ0n) is 17.4. The van der Waals surface area contributed by atoms with Crippen molar-refractivity contribution in [2.24, 2.45) is 0 Å². The standard InChI is InChI=1S/C24H26N2O4/c1-3-14-29-18-11-12-21-20(15-18)19-10-7-13-26(23(19)24(28)30-21)22(27)16-25(2)17-8-5-4-6-9-17/h4-6,8-9,11-12,15H,3,7,10,13-14,16H2,1-2H3. The summed E-state index contributed by atoms with van der Waals surface area (Å²) in [7, 11) is 1.87. The van der Waals surface area contributed by atoms with Crippen LogP contribution in [0.25, 0.3) is 11.0 Å². The summed E-state index contributed by atoms with van der Waals surface area (Å²) in [5.41, 5.74) is 2.25. The minimum absolute atomic E-state index is 0.118. The number of amides is 1. The molecule has 2 heterocycles. The van der Waals surface area contributed by atoms with Crippen molar-refractivity contribution in [3.05, 3.63) is 64.5 Å². The van der Waals surface area contributed by atoms with Crippen LogP contribution in [0.1, 0.15) is 25.3 Å². The fourth-order valence-corrected chi connectivity index (χ4v) is 3.91. The van der Waals surface area contributed by atoms with Gasteiger partial charge in [0, 0.05) is 24.7 Å². The summed E-state index contributed by atoms with van der Waals surface area (Å²) in [5, 5.41) is 0.840. The number of carbonyl (C=O) groups is 1. The molecule has 6 nitrogen and oxygen atoms in total. The molecule has 0 radical (unpaired) electrons. The smallest absolute Gasteiger partial charge is 0.360 e. The summed E-state index contributed by atoms with van der Waals surface area (Å²) in [4.78, 5) is 29.4. The van der Waals surface area contributed by atoms with Gasteiger partial charge in [0.25, 0.3) is 0 Å². The Morgan fingerprint density at radius 2 is 2.00 bits per heavy atom. The molecular formula is C24H26N2O4. The van der Waals surface area contributed by atoms with Crippen molar-refractivity contribution in [1.29, 1.82) is 0 Å². The normalized spacial score (nSPS) is 13.2. The number of aryl methyl sites for hydroxylation is 1. The molecule has 1 aromatic heterocycles. The van der Waals surface area contributed by atoms with E-state index in [-0.39, 0.29) is 12.5 Å². The van der Waals surface area contributed by atoms with E-state index in [4.69, 9.17) is 9.15 Å². The molecular weight excluding hydrogens is 380 g/mol. The molecule has 0 aliphatic carbocycles. The van der Waals surface area contributed by atoms with Gasteiger partial charge in [0.05, 0.1) is 13.2 Å².